The minimum absolute atomic E-state index is 0.281. The number of anilines is 1. The number of rotatable bonds is 6. The van der Waals surface area contributed by atoms with Crippen LogP contribution in [0.1, 0.15) is 25.7 Å². The van der Waals surface area contributed by atoms with Crippen molar-refractivity contribution in [1.82, 2.24) is 14.9 Å². The minimum atomic E-state index is 0.281. The maximum atomic E-state index is 9.42. The molecule has 1 fully saturated rings. The van der Waals surface area contributed by atoms with E-state index in [-0.39, 0.29) is 6.61 Å². The Bertz CT molecular complexity index is 604. The molecule has 0 aliphatic carbocycles. The molecule has 2 N–H and O–H groups in total. The second-order valence-electron chi connectivity index (χ2n) is 5.89. The van der Waals surface area contributed by atoms with E-state index in [4.69, 9.17) is 0 Å². The molecule has 1 atom stereocenters. The van der Waals surface area contributed by atoms with Crippen LogP contribution in [0.4, 0.5) is 5.82 Å². The fourth-order valence-corrected chi connectivity index (χ4v) is 3.10. The van der Waals surface area contributed by atoms with Crippen LogP contribution in [0, 0.1) is 0 Å². The minimum Gasteiger partial charge on any atom is -0.395 e. The highest BCUT2D eigenvalue weighted by atomic mass is 16.3. The van der Waals surface area contributed by atoms with Crippen molar-refractivity contribution in [2.45, 2.75) is 31.7 Å². The number of nitrogens with one attached hydrogen (secondary N) is 1. The van der Waals surface area contributed by atoms with Gasteiger partial charge >= 0.3 is 0 Å². The SMILES string of the molecule is OC[C@H]1CCCCN1CCCNc1cnc2ccccc2n1. The highest BCUT2D eigenvalue weighted by molar-refractivity contribution is 5.75. The van der Waals surface area contributed by atoms with Crippen LogP contribution in [0.25, 0.3) is 11.0 Å². The molecule has 3 rings (SSSR count). The quantitative estimate of drug-likeness (QED) is 0.802. The molecule has 0 spiro atoms. The smallest absolute Gasteiger partial charge is 0.145 e. The molecule has 1 aromatic carbocycles. The Morgan fingerprint density at radius 2 is 2.09 bits per heavy atom. The van der Waals surface area contributed by atoms with Crippen molar-refractivity contribution in [1.29, 1.82) is 0 Å². The Morgan fingerprint density at radius 3 is 2.95 bits per heavy atom. The Balaban J connectivity index is 1.47. The lowest BCUT2D eigenvalue weighted by atomic mass is 10.0. The van der Waals surface area contributed by atoms with E-state index in [1.807, 2.05) is 24.3 Å². The van der Waals surface area contributed by atoms with Gasteiger partial charge in [-0.05, 0) is 37.9 Å². The molecule has 0 amide bonds. The van der Waals surface area contributed by atoms with Gasteiger partial charge in [0.1, 0.15) is 5.82 Å². The van der Waals surface area contributed by atoms with E-state index in [2.05, 4.69) is 20.2 Å². The second-order valence-corrected chi connectivity index (χ2v) is 5.89. The van der Waals surface area contributed by atoms with Crippen molar-refractivity contribution in [3.8, 4) is 0 Å². The molecule has 0 radical (unpaired) electrons. The summed E-state index contributed by atoms with van der Waals surface area (Å²) < 4.78 is 0. The molecule has 1 aliphatic heterocycles. The van der Waals surface area contributed by atoms with Crippen molar-refractivity contribution in [2.75, 3.05) is 31.6 Å². The first-order valence-corrected chi connectivity index (χ1v) is 8.17. The maximum absolute atomic E-state index is 9.42. The molecule has 2 aromatic rings. The van der Waals surface area contributed by atoms with Gasteiger partial charge in [0.2, 0.25) is 0 Å². The molecule has 0 saturated carbocycles. The molecule has 2 heterocycles. The van der Waals surface area contributed by atoms with E-state index in [0.29, 0.717) is 6.04 Å². The zero-order valence-electron chi connectivity index (χ0n) is 12.9. The molecule has 0 bridgehead atoms. The number of piperidine rings is 1. The summed E-state index contributed by atoms with van der Waals surface area (Å²) in [6.45, 7) is 3.30. The summed E-state index contributed by atoms with van der Waals surface area (Å²) in [5, 5.41) is 12.8. The summed E-state index contributed by atoms with van der Waals surface area (Å²) in [7, 11) is 0. The third-order valence-corrected chi connectivity index (χ3v) is 4.34. The van der Waals surface area contributed by atoms with Gasteiger partial charge in [-0.2, -0.15) is 0 Å². The van der Waals surface area contributed by atoms with Gasteiger partial charge in [-0.1, -0.05) is 18.6 Å². The summed E-state index contributed by atoms with van der Waals surface area (Å²) in [6.07, 6.45) is 6.46. The van der Waals surface area contributed by atoms with Gasteiger partial charge in [0.05, 0.1) is 23.8 Å². The van der Waals surface area contributed by atoms with E-state index < -0.39 is 0 Å². The lowest BCUT2D eigenvalue weighted by Crippen LogP contribution is -2.42. The van der Waals surface area contributed by atoms with Gasteiger partial charge in [-0.3, -0.25) is 9.88 Å². The first-order valence-electron chi connectivity index (χ1n) is 8.17. The molecule has 1 aromatic heterocycles. The predicted octanol–water partition coefficient (Wildman–Crippen LogP) is 2.28. The van der Waals surface area contributed by atoms with E-state index in [1.165, 1.54) is 12.8 Å². The largest absolute Gasteiger partial charge is 0.395 e. The summed E-state index contributed by atoms with van der Waals surface area (Å²) >= 11 is 0. The van der Waals surface area contributed by atoms with Gasteiger partial charge in [-0.25, -0.2) is 4.98 Å². The standard InChI is InChI=1S/C17H24N4O/c22-13-14-6-3-4-10-21(14)11-5-9-18-17-12-19-15-7-1-2-8-16(15)20-17/h1-2,7-8,12,14,22H,3-6,9-11,13H2,(H,18,20)/t14-/m1/s1. The van der Waals surface area contributed by atoms with Crippen LogP contribution in [0.3, 0.4) is 0 Å². The molecule has 5 heteroatoms. The summed E-state index contributed by atoms with van der Waals surface area (Å²) in [5.74, 6) is 0.830. The van der Waals surface area contributed by atoms with Crippen LogP contribution in [-0.2, 0) is 0 Å². The third-order valence-electron chi connectivity index (χ3n) is 4.34. The van der Waals surface area contributed by atoms with Crippen molar-refractivity contribution in [3.63, 3.8) is 0 Å². The number of para-hydroxylation sites is 2. The molecule has 5 nitrogen and oxygen atoms in total. The Labute approximate surface area is 131 Å². The van der Waals surface area contributed by atoms with Crippen molar-refractivity contribution in [2.24, 2.45) is 0 Å². The predicted molar refractivity (Wildman–Crippen MR) is 88.9 cm³/mol. The van der Waals surface area contributed by atoms with Gasteiger partial charge in [-0.15, -0.1) is 0 Å². The van der Waals surface area contributed by atoms with Crippen molar-refractivity contribution in [3.05, 3.63) is 30.5 Å². The fourth-order valence-electron chi connectivity index (χ4n) is 3.10. The Kier molecular flexibility index (Phi) is 5.19. The molecular weight excluding hydrogens is 276 g/mol. The normalized spacial score (nSPS) is 19.4. The van der Waals surface area contributed by atoms with E-state index in [9.17, 15) is 5.11 Å². The average molecular weight is 300 g/mol. The third kappa shape index (κ3) is 3.72. The second kappa shape index (κ2) is 7.51. The lowest BCUT2D eigenvalue weighted by Gasteiger charge is -2.34. The van der Waals surface area contributed by atoms with Crippen LogP contribution in [0.2, 0.25) is 0 Å². The van der Waals surface area contributed by atoms with Crippen molar-refractivity contribution < 1.29 is 5.11 Å². The van der Waals surface area contributed by atoms with Crippen LogP contribution in [0.15, 0.2) is 30.5 Å². The summed E-state index contributed by atoms with van der Waals surface area (Å²) in [4.78, 5) is 11.4. The zero-order chi connectivity index (χ0) is 15.2. The monoisotopic (exact) mass is 300 g/mol. The highest BCUT2D eigenvalue weighted by Crippen LogP contribution is 2.16. The Morgan fingerprint density at radius 1 is 1.23 bits per heavy atom. The Hall–Kier alpha value is -1.72. The number of nitrogens with zero attached hydrogens (tertiary/aromatic N) is 3. The first kappa shape index (κ1) is 15.2. The number of likely N-dealkylation sites (tertiary alicyclic amines) is 1. The van der Waals surface area contributed by atoms with Crippen LogP contribution in [0.5, 0.6) is 0 Å². The van der Waals surface area contributed by atoms with E-state index >= 15 is 0 Å². The average Bonchev–Trinajstić information content (AvgIpc) is 2.59. The molecule has 118 valence electrons. The number of fused-ring (bicyclic) bond motifs is 1. The number of aliphatic hydroxyl groups excluding tert-OH is 1. The maximum Gasteiger partial charge on any atom is 0.145 e. The zero-order valence-corrected chi connectivity index (χ0v) is 12.9. The topological polar surface area (TPSA) is 61.3 Å². The van der Waals surface area contributed by atoms with E-state index in [0.717, 1.165) is 49.3 Å². The molecule has 1 aliphatic rings. The van der Waals surface area contributed by atoms with Crippen LogP contribution < -0.4 is 5.32 Å². The van der Waals surface area contributed by atoms with E-state index in [1.54, 1.807) is 6.20 Å². The number of benzene rings is 1. The molecule has 0 unspecified atom stereocenters. The van der Waals surface area contributed by atoms with Gasteiger partial charge in [0.25, 0.3) is 0 Å². The number of aromatic nitrogens is 2. The number of aliphatic hydroxyl groups is 1. The van der Waals surface area contributed by atoms with Gasteiger partial charge < -0.3 is 10.4 Å². The van der Waals surface area contributed by atoms with Gasteiger partial charge in [0.15, 0.2) is 0 Å². The summed E-state index contributed by atoms with van der Waals surface area (Å²) in [6, 6.07) is 8.26. The van der Waals surface area contributed by atoms with Crippen molar-refractivity contribution >= 4 is 16.9 Å². The lowest BCUT2D eigenvalue weighted by molar-refractivity contribution is 0.0901. The molecule has 22 heavy (non-hydrogen) atoms. The highest BCUT2D eigenvalue weighted by Gasteiger charge is 2.20. The number of hydrogen-bond acceptors (Lipinski definition) is 5. The van der Waals surface area contributed by atoms with Gasteiger partial charge in [0, 0.05) is 19.1 Å². The van der Waals surface area contributed by atoms with Crippen LogP contribution in [-0.4, -0.2) is 52.3 Å². The fraction of sp³-hybridized carbons (Fsp3) is 0.529. The number of hydrogen-bond donors (Lipinski definition) is 2. The first-order chi connectivity index (χ1) is 10.9. The molecular formula is C17H24N4O. The van der Waals surface area contributed by atoms with Crippen LogP contribution >= 0.6 is 0 Å². The molecule has 1 saturated heterocycles. The summed E-state index contributed by atoms with van der Waals surface area (Å²) in [5.41, 5.74) is 1.84.